The van der Waals surface area contributed by atoms with Crippen molar-refractivity contribution >= 4 is 22.7 Å². The molecule has 0 aliphatic rings. The van der Waals surface area contributed by atoms with Crippen LogP contribution in [0.3, 0.4) is 0 Å². The minimum absolute atomic E-state index is 0.0223. The van der Waals surface area contributed by atoms with Crippen LogP contribution in [-0.4, -0.2) is 25.5 Å². The lowest BCUT2D eigenvalue weighted by molar-refractivity contribution is 0.420. The Morgan fingerprint density at radius 1 is 1.07 bits per heavy atom. The van der Waals surface area contributed by atoms with Gasteiger partial charge in [-0.05, 0) is 49.9 Å². The van der Waals surface area contributed by atoms with Gasteiger partial charge in [0.25, 0.3) is 10.8 Å². The molecule has 0 amide bonds. The third-order valence-corrected chi connectivity index (χ3v) is 5.95. The standard InChI is InChI=1S/C23H24N4O2S/c1-16-9-10-20-19(13-16)22(28)27(15-24-20)11-5-6-12-30-23-26-25-21(29-23)14-18-8-4-3-7-17(18)2/h3-4,7-10,13,15H,5-6,11-12,14H2,1-2H3. The molecule has 7 heteroatoms. The van der Waals surface area contributed by atoms with Gasteiger partial charge in [-0.1, -0.05) is 47.7 Å². The van der Waals surface area contributed by atoms with Gasteiger partial charge in [-0.25, -0.2) is 4.98 Å². The highest BCUT2D eigenvalue weighted by Crippen LogP contribution is 2.20. The molecule has 0 saturated heterocycles. The number of nitrogens with zero attached hydrogens (tertiary/aromatic N) is 4. The minimum Gasteiger partial charge on any atom is -0.416 e. The van der Waals surface area contributed by atoms with Crippen LogP contribution in [0.25, 0.3) is 10.9 Å². The average molecular weight is 421 g/mol. The third-order valence-electron chi connectivity index (χ3n) is 5.05. The summed E-state index contributed by atoms with van der Waals surface area (Å²) >= 11 is 1.56. The van der Waals surface area contributed by atoms with Crippen molar-refractivity contribution in [1.29, 1.82) is 0 Å². The zero-order valence-corrected chi connectivity index (χ0v) is 18.0. The third kappa shape index (κ3) is 4.79. The van der Waals surface area contributed by atoms with Crippen LogP contribution < -0.4 is 5.56 Å². The van der Waals surface area contributed by atoms with E-state index >= 15 is 0 Å². The lowest BCUT2D eigenvalue weighted by Gasteiger charge is -2.06. The Balaban J connectivity index is 1.27. The molecule has 0 unspecified atom stereocenters. The van der Waals surface area contributed by atoms with Gasteiger partial charge in [-0.2, -0.15) is 0 Å². The molecule has 0 aliphatic heterocycles. The molecular formula is C23H24N4O2S. The molecule has 0 aliphatic carbocycles. The summed E-state index contributed by atoms with van der Waals surface area (Å²) in [5.74, 6) is 1.50. The highest BCUT2D eigenvalue weighted by Gasteiger charge is 2.09. The van der Waals surface area contributed by atoms with E-state index < -0.39 is 0 Å². The summed E-state index contributed by atoms with van der Waals surface area (Å²) in [5.41, 5.74) is 4.25. The molecule has 0 spiro atoms. The van der Waals surface area contributed by atoms with Crippen LogP contribution in [0.1, 0.15) is 35.4 Å². The monoisotopic (exact) mass is 420 g/mol. The molecule has 4 rings (SSSR count). The smallest absolute Gasteiger partial charge is 0.276 e. The number of rotatable bonds is 8. The molecule has 0 fully saturated rings. The molecule has 0 atom stereocenters. The van der Waals surface area contributed by atoms with E-state index in [1.54, 1.807) is 22.7 Å². The van der Waals surface area contributed by atoms with Crippen molar-refractivity contribution < 1.29 is 4.42 Å². The summed E-state index contributed by atoms with van der Waals surface area (Å²) in [4.78, 5) is 17.0. The first-order valence-electron chi connectivity index (χ1n) is 10.1. The summed E-state index contributed by atoms with van der Waals surface area (Å²) < 4.78 is 7.46. The molecule has 30 heavy (non-hydrogen) atoms. The molecule has 4 aromatic rings. The van der Waals surface area contributed by atoms with Gasteiger partial charge in [-0.3, -0.25) is 9.36 Å². The topological polar surface area (TPSA) is 73.8 Å². The first kappa shape index (κ1) is 20.3. The van der Waals surface area contributed by atoms with Crippen LogP contribution in [0.2, 0.25) is 0 Å². The maximum atomic E-state index is 12.6. The van der Waals surface area contributed by atoms with E-state index in [0.29, 0.717) is 29.5 Å². The van der Waals surface area contributed by atoms with E-state index in [1.807, 2.05) is 37.3 Å². The molecule has 0 N–H and O–H groups in total. The summed E-state index contributed by atoms with van der Waals surface area (Å²) in [6.07, 6.45) is 4.12. The van der Waals surface area contributed by atoms with Crippen molar-refractivity contribution in [2.24, 2.45) is 0 Å². The normalized spacial score (nSPS) is 11.3. The quantitative estimate of drug-likeness (QED) is 0.307. The van der Waals surface area contributed by atoms with Gasteiger partial charge in [0.05, 0.1) is 23.7 Å². The summed E-state index contributed by atoms with van der Waals surface area (Å²) in [5, 5.41) is 9.57. The SMILES string of the molecule is Cc1ccc2ncn(CCCCSc3nnc(Cc4ccccc4C)o3)c(=O)c2c1. The van der Waals surface area contributed by atoms with Crippen molar-refractivity contribution in [2.75, 3.05) is 5.75 Å². The fourth-order valence-corrected chi connectivity index (χ4v) is 4.09. The molecule has 0 saturated carbocycles. The van der Waals surface area contributed by atoms with Crippen molar-refractivity contribution in [2.45, 2.75) is 44.9 Å². The van der Waals surface area contributed by atoms with E-state index in [1.165, 1.54) is 11.1 Å². The number of aryl methyl sites for hydroxylation is 3. The average Bonchev–Trinajstić information content (AvgIpc) is 3.19. The minimum atomic E-state index is 0.0223. The Morgan fingerprint density at radius 2 is 1.93 bits per heavy atom. The van der Waals surface area contributed by atoms with Crippen molar-refractivity contribution in [1.82, 2.24) is 19.7 Å². The maximum absolute atomic E-state index is 12.6. The first-order chi connectivity index (χ1) is 14.6. The molecular weight excluding hydrogens is 396 g/mol. The molecule has 154 valence electrons. The molecule has 0 radical (unpaired) electrons. The van der Waals surface area contributed by atoms with E-state index in [9.17, 15) is 4.79 Å². The predicted molar refractivity (Wildman–Crippen MR) is 119 cm³/mol. The van der Waals surface area contributed by atoms with Gasteiger partial charge in [0.1, 0.15) is 0 Å². The fourth-order valence-electron chi connectivity index (χ4n) is 3.32. The number of thioether (sulfide) groups is 1. The van der Waals surface area contributed by atoms with Crippen LogP contribution in [0.15, 0.2) is 63.2 Å². The predicted octanol–water partition coefficient (Wildman–Crippen LogP) is 4.56. The van der Waals surface area contributed by atoms with Crippen LogP contribution in [0.5, 0.6) is 0 Å². The summed E-state index contributed by atoms with van der Waals surface area (Å²) in [6, 6.07) is 14.0. The Morgan fingerprint density at radius 3 is 2.80 bits per heavy atom. The van der Waals surface area contributed by atoms with E-state index in [0.717, 1.165) is 29.7 Å². The lowest BCUT2D eigenvalue weighted by Crippen LogP contribution is -2.20. The van der Waals surface area contributed by atoms with Gasteiger partial charge in [0.2, 0.25) is 5.89 Å². The fraction of sp³-hybridized carbons (Fsp3) is 0.304. The number of hydrogen-bond donors (Lipinski definition) is 0. The molecule has 2 aromatic heterocycles. The van der Waals surface area contributed by atoms with E-state index in [4.69, 9.17) is 4.42 Å². The number of hydrogen-bond acceptors (Lipinski definition) is 6. The largest absolute Gasteiger partial charge is 0.416 e. The maximum Gasteiger partial charge on any atom is 0.276 e. The second kappa shape index (κ2) is 9.26. The molecule has 6 nitrogen and oxygen atoms in total. The Kier molecular flexibility index (Phi) is 6.28. The van der Waals surface area contributed by atoms with Gasteiger partial charge >= 0.3 is 0 Å². The second-order valence-electron chi connectivity index (χ2n) is 7.38. The van der Waals surface area contributed by atoms with Crippen LogP contribution in [0.4, 0.5) is 0 Å². The highest BCUT2D eigenvalue weighted by atomic mass is 32.2. The lowest BCUT2D eigenvalue weighted by atomic mass is 10.1. The van der Waals surface area contributed by atoms with Crippen LogP contribution in [0, 0.1) is 13.8 Å². The number of benzene rings is 2. The molecule has 2 heterocycles. The number of aromatic nitrogens is 4. The van der Waals surface area contributed by atoms with Gasteiger partial charge in [-0.15, -0.1) is 10.2 Å². The highest BCUT2D eigenvalue weighted by molar-refractivity contribution is 7.99. The van der Waals surface area contributed by atoms with Gasteiger partial charge < -0.3 is 4.42 Å². The van der Waals surface area contributed by atoms with Gasteiger partial charge in [0.15, 0.2) is 0 Å². The Labute approximate surface area is 179 Å². The van der Waals surface area contributed by atoms with Crippen LogP contribution in [-0.2, 0) is 13.0 Å². The van der Waals surface area contributed by atoms with Crippen molar-refractivity contribution in [3.8, 4) is 0 Å². The zero-order chi connectivity index (χ0) is 20.9. The van der Waals surface area contributed by atoms with Crippen LogP contribution >= 0.6 is 11.8 Å². The number of unbranched alkanes of at least 4 members (excludes halogenated alkanes) is 1. The Hall–Kier alpha value is -2.93. The van der Waals surface area contributed by atoms with Gasteiger partial charge in [0, 0.05) is 12.3 Å². The Bertz CT molecular complexity index is 1220. The molecule has 0 bridgehead atoms. The number of fused-ring (bicyclic) bond motifs is 1. The van der Waals surface area contributed by atoms with E-state index in [-0.39, 0.29) is 5.56 Å². The van der Waals surface area contributed by atoms with Crippen molar-refractivity contribution in [3.05, 3.63) is 81.7 Å². The second-order valence-corrected chi connectivity index (χ2v) is 8.43. The van der Waals surface area contributed by atoms with Crippen molar-refractivity contribution in [3.63, 3.8) is 0 Å². The summed E-state index contributed by atoms with van der Waals surface area (Å²) in [6.45, 7) is 4.72. The van der Waals surface area contributed by atoms with E-state index in [2.05, 4.69) is 34.2 Å². The zero-order valence-electron chi connectivity index (χ0n) is 17.2. The first-order valence-corrected chi connectivity index (χ1v) is 11.0. The molecule has 2 aromatic carbocycles. The summed E-state index contributed by atoms with van der Waals surface area (Å²) in [7, 11) is 0.